The highest BCUT2D eigenvalue weighted by Crippen LogP contribution is 2.18. The lowest BCUT2D eigenvalue weighted by molar-refractivity contribution is -0.814. The fourth-order valence-electron chi connectivity index (χ4n) is 1.75. The molecule has 78 valence electrons. The zero-order valence-corrected chi connectivity index (χ0v) is 8.65. The minimum Gasteiger partial charge on any atom is -0.409 e. The SMILES string of the molecule is CC1=N[NH+](C)c2cc(/C(N)=N/O)ccc21. The van der Waals surface area contributed by atoms with Crippen LogP contribution in [-0.4, -0.2) is 23.8 Å². The summed E-state index contributed by atoms with van der Waals surface area (Å²) in [6.07, 6.45) is 0. The molecule has 0 saturated carbocycles. The van der Waals surface area contributed by atoms with Gasteiger partial charge in [-0.05, 0) is 13.0 Å². The van der Waals surface area contributed by atoms with Crippen LogP contribution in [0.25, 0.3) is 0 Å². The van der Waals surface area contributed by atoms with Crippen LogP contribution in [0.1, 0.15) is 18.1 Å². The van der Waals surface area contributed by atoms with E-state index in [4.69, 9.17) is 10.9 Å². The summed E-state index contributed by atoms with van der Waals surface area (Å²) < 4.78 is 0. The average Bonchev–Trinajstić information content (AvgIpc) is 2.53. The number of rotatable bonds is 1. The molecule has 0 aromatic heterocycles. The van der Waals surface area contributed by atoms with Crippen molar-refractivity contribution in [3.63, 3.8) is 0 Å². The first kappa shape index (κ1) is 9.67. The van der Waals surface area contributed by atoms with Crippen LogP contribution in [0.5, 0.6) is 0 Å². The lowest BCUT2D eigenvalue weighted by Crippen LogP contribution is -2.97. The van der Waals surface area contributed by atoms with Crippen molar-refractivity contribution >= 4 is 17.2 Å². The van der Waals surface area contributed by atoms with E-state index in [0.29, 0.717) is 5.56 Å². The van der Waals surface area contributed by atoms with Gasteiger partial charge in [-0.15, -0.1) is 0 Å². The van der Waals surface area contributed by atoms with E-state index in [2.05, 4.69) is 10.3 Å². The summed E-state index contributed by atoms with van der Waals surface area (Å²) in [6.45, 7) is 1.97. The maximum Gasteiger partial charge on any atom is 0.170 e. The predicted octanol–water partition coefficient (Wildman–Crippen LogP) is -0.335. The number of hydrogen-bond donors (Lipinski definition) is 3. The molecule has 5 nitrogen and oxygen atoms in total. The Bertz CT molecular complexity index is 464. The molecule has 4 N–H and O–H groups in total. The summed E-state index contributed by atoms with van der Waals surface area (Å²) in [7, 11) is 1.95. The smallest absolute Gasteiger partial charge is 0.170 e. The highest BCUT2D eigenvalue weighted by atomic mass is 16.4. The minimum atomic E-state index is 0.121. The molecule has 0 amide bonds. The van der Waals surface area contributed by atoms with Crippen molar-refractivity contribution in [1.29, 1.82) is 0 Å². The van der Waals surface area contributed by atoms with Crippen molar-refractivity contribution in [2.24, 2.45) is 16.0 Å². The van der Waals surface area contributed by atoms with Crippen molar-refractivity contribution in [2.45, 2.75) is 6.92 Å². The van der Waals surface area contributed by atoms with Crippen molar-refractivity contribution in [1.82, 2.24) is 0 Å². The molecule has 1 aliphatic rings. The van der Waals surface area contributed by atoms with Gasteiger partial charge in [-0.25, -0.2) is 0 Å². The maximum atomic E-state index is 8.58. The zero-order valence-electron chi connectivity index (χ0n) is 8.65. The molecular weight excluding hydrogens is 192 g/mol. The molecule has 0 aliphatic carbocycles. The first-order valence-electron chi connectivity index (χ1n) is 4.65. The Kier molecular flexibility index (Phi) is 2.17. The van der Waals surface area contributed by atoms with E-state index < -0.39 is 0 Å². The first-order valence-corrected chi connectivity index (χ1v) is 4.65. The van der Waals surface area contributed by atoms with Gasteiger partial charge in [-0.2, -0.15) is 5.01 Å². The number of quaternary nitrogens is 1. The highest BCUT2D eigenvalue weighted by Gasteiger charge is 2.23. The molecule has 2 rings (SSSR count). The van der Waals surface area contributed by atoms with Crippen LogP contribution in [0.3, 0.4) is 0 Å². The summed E-state index contributed by atoms with van der Waals surface area (Å²) in [5, 5.41) is 16.9. The molecule has 15 heavy (non-hydrogen) atoms. The number of fused-ring (bicyclic) bond motifs is 1. The third-order valence-corrected chi connectivity index (χ3v) is 2.54. The Morgan fingerprint density at radius 1 is 1.53 bits per heavy atom. The molecule has 1 heterocycles. The van der Waals surface area contributed by atoms with Crippen LogP contribution in [-0.2, 0) is 0 Å². The van der Waals surface area contributed by atoms with E-state index in [0.717, 1.165) is 22.0 Å². The van der Waals surface area contributed by atoms with E-state index in [9.17, 15) is 0 Å². The van der Waals surface area contributed by atoms with Gasteiger partial charge >= 0.3 is 0 Å². The fourth-order valence-corrected chi connectivity index (χ4v) is 1.75. The van der Waals surface area contributed by atoms with Crippen molar-refractivity contribution < 1.29 is 10.2 Å². The Hall–Kier alpha value is -1.88. The van der Waals surface area contributed by atoms with Crippen LogP contribution < -0.4 is 10.7 Å². The van der Waals surface area contributed by atoms with Gasteiger partial charge in [0.15, 0.2) is 11.5 Å². The number of nitrogens with two attached hydrogens (primary N) is 1. The standard InChI is InChI=1S/C10H12N4O/c1-6-8-4-3-7(10(11)13-15)5-9(8)14(2)12-6/h3-5,15H,1-2H3,(H2,11,13)/p+1. The zero-order chi connectivity index (χ0) is 11.0. The van der Waals surface area contributed by atoms with Gasteiger partial charge in [0, 0.05) is 11.6 Å². The van der Waals surface area contributed by atoms with Gasteiger partial charge < -0.3 is 10.9 Å². The highest BCUT2D eigenvalue weighted by molar-refractivity contribution is 6.05. The third kappa shape index (κ3) is 1.46. The Labute approximate surface area is 87.5 Å². The first-order chi connectivity index (χ1) is 7.13. The quantitative estimate of drug-likeness (QED) is 0.254. The van der Waals surface area contributed by atoms with E-state index in [1.165, 1.54) is 0 Å². The monoisotopic (exact) mass is 205 g/mol. The van der Waals surface area contributed by atoms with Gasteiger partial charge in [0.05, 0.1) is 12.6 Å². The van der Waals surface area contributed by atoms with E-state index in [1.807, 2.05) is 32.2 Å². The number of nitrogens with one attached hydrogen (secondary N) is 1. The molecule has 0 radical (unpaired) electrons. The molecule has 1 aliphatic heterocycles. The normalized spacial score (nSPS) is 20.0. The van der Waals surface area contributed by atoms with Gasteiger partial charge in [0.25, 0.3) is 0 Å². The van der Waals surface area contributed by atoms with E-state index >= 15 is 0 Å². The van der Waals surface area contributed by atoms with Crippen LogP contribution in [0, 0.1) is 0 Å². The van der Waals surface area contributed by atoms with Crippen molar-refractivity contribution in [2.75, 3.05) is 7.05 Å². The molecular formula is C10H13N4O+. The number of oxime groups is 1. The molecule has 1 aromatic rings. The second-order valence-corrected chi connectivity index (χ2v) is 3.53. The molecule has 0 fully saturated rings. The van der Waals surface area contributed by atoms with Gasteiger partial charge in [-0.3, -0.25) is 0 Å². The largest absolute Gasteiger partial charge is 0.409 e. The second-order valence-electron chi connectivity index (χ2n) is 3.53. The second kappa shape index (κ2) is 3.36. The van der Waals surface area contributed by atoms with E-state index in [1.54, 1.807) is 0 Å². The summed E-state index contributed by atoms with van der Waals surface area (Å²) >= 11 is 0. The molecule has 5 heteroatoms. The average molecular weight is 205 g/mol. The number of amidine groups is 1. The summed E-state index contributed by atoms with van der Waals surface area (Å²) in [5.74, 6) is 0.121. The molecule has 0 bridgehead atoms. The number of nitrogens with zero attached hydrogens (tertiary/aromatic N) is 2. The molecule has 1 atom stereocenters. The van der Waals surface area contributed by atoms with Crippen LogP contribution >= 0.6 is 0 Å². The van der Waals surface area contributed by atoms with Gasteiger partial charge in [0.2, 0.25) is 0 Å². The topological polar surface area (TPSA) is 75.4 Å². The number of benzene rings is 1. The molecule has 1 aromatic carbocycles. The molecule has 1 unspecified atom stereocenters. The molecule has 0 saturated heterocycles. The Morgan fingerprint density at radius 2 is 2.27 bits per heavy atom. The Morgan fingerprint density at radius 3 is 2.93 bits per heavy atom. The van der Waals surface area contributed by atoms with Crippen LogP contribution in [0.4, 0.5) is 5.69 Å². The van der Waals surface area contributed by atoms with Gasteiger partial charge in [0.1, 0.15) is 5.71 Å². The van der Waals surface area contributed by atoms with E-state index in [-0.39, 0.29) is 5.84 Å². The maximum absolute atomic E-state index is 8.58. The summed E-state index contributed by atoms with van der Waals surface area (Å²) in [4.78, 5) is 0. The third-order valence-electron chi connectivity index (χ3n) is 2.54. The molecule has 0 spiro atoms. The summed E-state index contributed by atoms with van der Waals surface area (Å²) in [5.41, 5.74) is 9.40. The predicted molar refractivity (Wildman–Crippen MR) is 57.7 cm³/mol. The lowest BCUT2D eigenvalue weighted by atomic mass is 10.1. The fraction of sp³-hybridized carbons (Fsp3) is 0.200. The van der Waals surface area contributed by atoms with Crippen molar-refractivity contribution in [3.05, 3.63) is 29.3 Å². The van der Waals surface area contributed by atoms with Crippen molar-refractivity contribution in [3.8, 4) is 0 Å². The minimum absolute atomic E-state index is 0.121. The summed E-state index contributed by atoms with van der Waals surface area (Å²) in [6, 6.07) is 5.66. The number of hydrogen-bond acceptors (Lipinski definition) is 3. The van der Waals surface area contributed by atoms with Crippen LogP contribution in [0.2, 0.25) is 0 Å². The van der Waals surface area contributed by atoms with Gasteiger partial charge in [-0.1, -0.05) is 16.3 Å². The Balaban J connectivity index is 2.51. The lowest BCUT2D eigenvalue weighted by Gasteiger charge is -2.04. The van der Waals surface area contributed by atoms with Crippen LogP contribution in [0.15, 0.2) is 28.5 Å².